The zero-order chi connectivity index (χ0) is 11.8. The van der Waals surface area contributed by atoms with Crippen LogP contribution in [0, 0.1) is 11.8 Å². The second-order valence-corrected chi connectivity index (χ2v) is 5.18. The van der Waals surface area contributed by atoms with Gasteiger partial charge in [0.1, 0.15) is 12.1 Å². The van der Waals surface area contributed by atoms with Gasteiger partial charge in [-0.15, -0.1) is 0 Å². The summed E-state index contributed by atoms with van der Waals surface area (Å²) in [7, 11) is 0. The van der Waals surface area contributed by atoms with Gasteiger partial charge in [0, 0.05) is 13.1 Å². The van der Waals surface area contributed by atoms with Gasteiger partial charge in [-0.05, 0) is 18.3 Å². The van der Waals surface area contributed by atoms with Gasteiger partial charge in [0.05, 0.1) is 11.6 Å². The normalized spacial score (nSPS) is 25.4. The summed E-state index contributed by atoms with van der Waals surface area (Å²) in [6, 6.07) is 0. The van der Waals surface area contributed by atoms with E-state index in [0.29, 0.717) is 0 Å². The molecule has 0 aliphatic carbocycles. The zero-order valence-corrected chi connectivity index (χ0v) is 10.2. The van der Waals surface area contributed by atoms with Crippen LogP contribution in [0.15, 0.2) is 12.5 Å². The van der Waals surface area contributed by atoms with Gasteiger partial charge in [-0.3, -0.25) is 5.10 Å². The van der Waals surface area contributed by atoms with E-state index in [4.69, 9.17) is 0 Å². The molecule has 1 fully saturated rings. The van der Waals surface area contributed by atoms with Crippen molar-refractivity contribution in [2.45, 2.75) is 20.3 Å². The molecule has 5 nitrogen and oxygen atoms in total. The van der Waals surface area contributed by atoms with Crippen LogP contribution in [0.25, 0.3) is 11.0 Å². The Bertz CT molecular complexity index is 510. The molecule has 2 aromatic rings. The predicted molar refractivity (Wildman–Crippen MR) is 66.8 cm³/mol. The van der Waals surface area contributed by atoms with Crippen molar-refractivity contribution in [2.75, 3.05) is 18.0 Å². The molecule has 1 aliphatic heterocycles. The number of aromatic amines is 1. The lowest BCUT2D eigenvalue weighted by atomic mass is 9.92. The highest BCUT2D eigenvalue weighted by Crippen LogP contribution is 2.28. The topological polar surface area (TPSA) is 57.7 Å². The zero-order valence-electron chi connectivity index (χ0n) is 10.2. The number of nitrogens with one attached hydrogen (secondary N) is 1. The van der Waals surface area contributed by atoms with Crippen LogP contribution in [0.5, 0.6) is 0 Å². The number of hydrogen-bond donors (Lipinski definition) is 1. The number of fused-ring (bicyclic) bond motifs is 1. The van der Waals surface area contributed by atoms with E-state index in [2.05, 4.69) is 38.9 Å². The highest BCUT2D eigenvalue weighted by molar-refractivity contribution is 5.86. The number of H-pyrrole nitrogens is 1. The van der Waals surface area contributed by atoms with Gasteiger partial charge in [-0.1, -0.05) is 13.8 Å². The Morgan fingerprint density at radius 2 is 2.00 bits per heavy atom. The molecule has 3 rings (SSSR count). The van der Waals surface area contributed by atoms with E-state index in [-0.39, 0.29) is 0 Å². The second kappa shape index (κ2) is 3.98. The van der Waals surface area contributed by atoms with Crippen molar-refractivity contribution in [2.24, 2.45) is 11.8 Å². The van der Waals surface area contributed by atoms with E-state index in [1.165, 1.54) is 6.42 Å². The van der Waals surface area contributed by atoms with Crippen LogP contribution in [0.4, 0.5) is 5.82 Å². The molecule has 3 heterocycles. The quantitative estimate of drug-likeness (QED) is 0.813. The first kappa shape index (κ1) is 10.5. The average Bonchev–Trinajstić information content (AvgIpc) is 2.75. The van der Waals surface area contributed by atoms with Crippen LogP contribution in [-0.2, 0) is 0 Å². The van der Waals surface area contributed by atoms with Gasteiger partial charge >= 0.3 is 0 Å². The lowest BCUT2D eigenvalue weighted by molar-refractivity contribution is 0.356. The van der Waals surface area contributed by atoms with Crippen LogP contribution in [0.2, 0.25) is 0 Å². The fourth-order valence-corrected chi connectivity index (χ4v) is 2.84. The van der Waals surface area contributed by atoms with Crippen molar-refractivity contribution in [3.8, 4) is 0 Å². The number of piperidine rings is 1. The fourth-order valence-electron chi connectivity index (χ4n) is 2.84. The van der Waals surface area contributed by atoms with Crippen LogP contribution >= 0.6 is 0 Å². The second-order valence-electron chi connectivity index (χ2n) is 5.18. The lowest BCUT2D eigenvalue weighted by Gasteiger charge is -2.35. The van der Waals surface area contributed by atoms with Gasteiger partial charge < -0.3 is 4.90 Å². The molecule has 1 aliphatic rings. The van der Waals surface area contributed by atoms with Crippen molar-refractivity contribution < 1.29 is 0 Å². The summed E-state index contributed by atoms with van der Waals surface area (Å²) in [5, 5.41) is 7.96. The van der Waals surface area contributed by atoms with E-state index < -0.39 is 0 Å². The molecular formula is C12H17N5. The molecule has 1 N–H and O–H groups in total. The summed E-state index contributed by atoms with van der Waals surface area (Å²) < 4.78 is 0. The van der Waals surface area contributed by atoms with Crippen LogP contribution in [-0.4, -0.2) is 33.3 Å². The monoisotopic (exact) mass is 231 g/mol. The first-order valence-corrected chi connectivity index (χ1v) is 6.13. The van der Waals surface area contributed by atoms with Gasteiger partial charge in [0.25, 0.3) is 0 Å². The maximum absolute atomic E-state index is 4.43. The summed E-state index contributed by atoms with van der Waals surface area (Å²) in [6.45, 7) is 6.75. The minimum atomic E-state index is 0.718. The van der Waals surface area contributed by atoms with E-state index in [0.717, 1.165) is 41.8 Å². The number of aromatic nitrogens is 4. The maximum Gasteiger partial charge on any atom is 0.160 e. The Morgan fingerprint density at radius 3 is 2.76 bits per heavy atom. The highest BCUT2D eigenvalue weighted by Gasteiger charge is 2.24. The summed E-state index contributed by atoms with van der Waals surface area (Å²) in [4.78, 5) is 11.0. The third-order valence-electron chi connectivity index (χ3n) is 3.40. The smallest absolute Gasteiger partial charge is 0.160 e. The Morgan fingerprint density at radius 1 is 1.24 bits per heavy atom. The molecule has 90 valence electrons. The molecule has 0 saturated carbocycles. The Kier molecular flexibility index (Phi) is 2.46. The number of nitrogens with zero attached hydrogens (tertiary/aromatic N) is 4. The Labute approximate surface area is 100 Å². The molecule has 0 spiro atoms. The SMILES string of the molecule is C[C@H]1C[C@H](C)CN(c2ncnc3[nH]ncc23)C1. The first-order valence-electron chi connectivity index (χ1n) is 6.13. The third-order valence-corrected chi connectivity index (χ3v) is 3.40. The third kappa shape index (κ3) is 1.85. The van der Waals surface area contributed by atoms with E-state index in [1.807, 2.05) is 6.20 Å². The Balaban J connectivity index is 2.00. The minimum Gasteiger partial charge on any atom is -0.355 e. The molecule has 2 aromatic heterocycles. The van der Waals surface area contributed by atoms with E-state index in [1.54, 1.807) is 6.33 Å². The summed E-state index contributed by atoms with van der Waals surface area (Å²) in [5.41, 5.74) is 0.820. The largest absolute Gasteiger partial charge is 0.355 e. The van der Waals surface area contributed by atoms with Gasteiger partial charge in [-0.2, -0.15) is 5.10 Å². The minimum absolute atomic E-state index is 0.718. The molecule has 0 amide bonds. The van der Waals surface area contributed by atoms with E-state index >= 15 is 0 Å². The summed E-state index contributed by atoms with van der Waals surface area (Å²) in [6.07, 6.45) is 4.73. The Hall–Kier alpha value is -1.65. The molecule has 5 heteroatoms. The van der Waals surface area contributed by atoms with Crippen molar-refractivity contribution in [1.29, 1.82) is 0 Å². The summed E-state index contributed by atoms with van der Waals surface area (Å²) >= 11 is 0. The van der Waals surface area contributed by atoms with Gasteiger partial charge in [0.15, 0.2) is 5.65 Å². The standard InChI is InChI=1S/C12H17N5/c1-8-3-9(2)6-17(5-8)12-10-4-15-16-11(10)13-7-14-12/h4,7-9H,3,5-6H2,1-2H3,(H,13,14,15,16)/t8-,9-/m0/s1. The number of hydrogen-bond acceptors (Lipinski definition) is 4. The van der Waals surface area contributed by atoms with Gasteiger partial charge in [0.2, 0.25) is 0 Å². The molecular weight excluding hydrogens is 214 g/mol. The molecule has 2 atom stereocenters. The maximum atomic E-state index is 4.43. The lowest BCUT2D eigenvalue weighted by Crippen LogP contribution is -2.39. The fraction of sp³-hybridized carbons (Fsp3) is 0.583. The predicted octanol–water partition coefficient (Wildman–Crippen LogP) is 1.84. The van der Waals surface area contributed by atoms with Crippen LogP contribution < -0.4 is 4.90 Å². The van der Waals surface area contributed by atoms with Gasteiger partial charge in [-0.25, -0.2) is 9.97 Å². The first-order chi connectivity index (χ1) is 8.24. The van der Waals surface area contributed by atoms with Crippen LogP contribution in [0.3, 0.4) is 0 Å². The van der Waals surface area contributed by atoms with Crippen molar-refractivity contribution in [3.63, 3.8) is 0 Å². The molecule has 1 saturated heterocycles. The van der Waals surface area contributed by atoms with Crippen LogP contribution in [0.1, 0.15) is 20.3 Å². The molecule has 0 radical (unpaired) electrons. The molecule has 0 bridgehead atoms. The molecule has 0 aromatic carbocycles. The average molecular weight is 231 g/mol. The van der Waals surface area contributed by atoms with Crippen molar-refractivity contribution in [1.82, 2.24) is 20.2 Å². The van der Waals surface area contributed by atoms with E-state index in [9.17, 15) is 0 Å². The molecule has 17 heavy (non-hydrogen) atoms. The number of anilines is 1. The molecule has 0 unspecified atom stereocenters. The van der Waals surface area contributed by atoms with Crippen molar-refractivity contribution in [3.05, 3.63) is 12.5 Å². The summed E-state index contributed by atoms with van der Waals surface area (Å²) in [5.74, 6) is 2.45. The highest BCUT2D eigenvalue weighted by atomic mass is 15.2. The number of rotatable bonds is 1. The van der Waals surface area contributed by atoms with Crippen molar-refractivity contribution >= 4 is 16.9 Å².